The number of aromatic nitrogens is 1. The highest BCUT2D eigenvalue weighted by molar-refractivity contribution is 5.97. The summed E-state index contributed by atoms with van der Waals surface area (Å²) in [5, 5.41) is 9.77. The molecule has 1 atom stereocenters. The van der Waals surface area contributed by atoms with Gasteiger partial charge in [0.05, 0.1) is 12.0 Å². The van der Waals surface area contributed by atoms with Gasteiger partial charge in [-0.15, -0.1) is 0 Å². The number of hydrogen-bond donors (Lipinski definition) is 1. The number of rotatable bonds is 3. The molecule has 1 amide bonds. The molecule has 18 heavy (non-hydrogen) atoms. The average molecular weight is 241 g/mol. The molecule has 0 radical (unpaired) electrons. The van der Waals surface area contributed by atoms with Gasteiger partial charge in [-0.1, -0.05) is 18.2 Å². The third-order valence-corrected chi connectivity index (χ3v) is 2.88. The highest BCUT2D eigenvalue weighted by Gasteiger charge is 2.16. The van der Waals surface area contributed by atoms with E-state index in [1.165, 1.54) is 0 Å². The number of benzene rings is 1. The van der Waals surface area contributed by atoms with Crippen LogP contribution >= 0.6 is 0 Å². The number of H-pyrrole nitrogens is 1. The number of fused-ring (bicyclic) bond motifs is 1. The van der Waals surface area contributed by atoms with E-state index in [9.17, 15) is 4.79 Å². The van der Waals surface area contributed by atoms with Crippen LogP contribution in [-0.2, 0) is 0 Å². The van der Waals surface area contributed by atoms with Crippen LogP contribution in [0, 0.1) is 17.2 Å². The number of hydrogen-bond acceptors (Lipinski definition) is 2. The van der Waals surface area contributed by atoms with E-state index in [4.69, 9.17) is 5.26 Å². The van der Waals surface area contributed by atoms with Gasteiger partial charge < -0.3 is 9.88 Å². The van der Waals surface area contributed by atoms with E-state index in [2.05, 4.69) is 11.1 Å². The highest BCUT2D eigenvalue weighted by atomic mass is 16.2. The number of nitrogens with one attached hydrogen (secondary N) is 1. The van der Waals surface area contributed by atoms with Crippen molar-refractivity contribution < 1.29 is 4.79 Å². The van der Waals surface area contributed by atoms with Crippen LogP contribution in [0.5, 0.6) is 0 Å². The second-order valence-corrected chi connectivity index (χ2v) is 4.49. The molecule has 0 saturated heterocycles. The predicted octanol–water partition coefficient (Wildman–Crippen LogP) is 2.40. The fourth-order valence-corrected chi connectivity index (χ4v) is 1.93. The molecule has 0 spiro atoms. The van der Waals surface area contributed by atoms with Crippen LogP contribution in [0.25, 0.3) is 10.9 Å². The lowest BCUT2D eigenvalue weighted by Crippen LogP contribution is -2.30. The van der Waals surface area contributed by atoms with Crippen LogP contribution in [0.15, 0.2) is 30.3 Å². The third-order valence-electron chi connectivity index (χ3n) is 2.88. The average Bonchev–Trinajstić information content (AvgIpc) is 2.81. The molecule has 0 saturated carbocycles. The minimum absolute atomic E-state index is 0.0895. The van der Waals surface area contributed by atoms with Crippen molar-refractivity contribution in [2.24, 2.45) is 5.92 Å². The lowest BCUT2D eigenvalue weighted by Gasteiger charge is -2.17. The van der Waals surface area contributed by atoms with Crippen molar-refractivity contribution in [3.05, 3.63) is 36.0 Å². The van der Waals surface area contributed by atoms with E-state index >= 15 is 0 Å². The first kappa shape index (κ1) is 12.2. The summed E-state index contributed by atoms with van der Waals surface area (Å²) >= 11 is 0. The molecule has 4 nitrogen and oxygen atoms in total. The molecule has 1 unspecified atom stereocenters. The molecule has 2 aromatic rings. The number of nitrogens with zero attached hydrogens (tertiary/aromatic N) is 2. The fraction of sp³-hybridized carbons (Fsp3) is 0.286. The summed E-state index contributed by atoms with van der Waals surface area (Å²) in [6.45, 7) is 2.24. The van der Waals surface area contributed by atoms with E-state index in [1.54, 1.807) is 18.9 Å². The van der Waals surface area contributed by atoms with Crippen molar-refractivity contribution in [3.8, 4) is 6.07 Å². The Morgan fingerprint density at radius 3 is 2.89 bits per heavy atom. The first-order chi connectivity index (χ1) is 8.61. The van der Waals surface area contributed by atoms with E-state index in [-0.39, 0.29) is 11.8 Å². The Labute approximate surface area is 106 Å². The van der Waals surface area contributed by atoms with Gasteiger partial charge in [-0.05, 0) is 19.1 Å². The van der Waals surface area contributed by atoms with E-state index in [0.29, 0.717) is 12.2 Å². The van der Waals surface area contributed by atoms with Crippen LogP contribution in [-0.4, -0.2) is 29.4 Å². The molecule has 1 aromatic carbocycles. The standard InChI is InChI=1S/C14H15N3O/c1-10(8-15)9-17(2)14(18)13-7-11-5-3-4-6-12(11)16-13/h3-7,10,16H,9H2,1-2H3. The van der Waals surface area contributed by atoms with Crippen LogP contribution in [0.2, 0.25) is 0 Å². The molecule has 0 aliphatic carbocycles. The number of aromatic amines is 1. The molecule has 4 heteroatoms. The van der Waals surface area contributed by atoms with Crippen molar-refractivity contribution in [1.29, 1.82) is 5.26 Å². The minimum Gasteiger partial charge on any atom is -0.351 e. The molecule has 1 heterocycles. The lowest BCUT2D eigenvalue weighted by atomic mass is 10.2. The Morgan fingerprint density at radius 2 is 2.22 bits per heavy atom. The fourth-order valence-electron chi connectivity index (χ4n) is 1.93. The summed E-state index contributed by atoms with van der Waals surface area (Å²) in [7, 11) is 1.71. The maximum absolute atomic E-state index is 12.2. The summed E-state index contributed by atoms with van der Waals surface area (Å²) in [6, 6.07) is 11.7. The van der Waals surface area contributed by atoms with Crippen LogP contribution in [0.4, 0.5) is 0 Å². The van der Waals surface area contributed by atoms with Gasteiger partial charge in [-0.25, -0.2) is 0 Å². The quantitative estimate of drug-likeness (QED) is 0.897. The van der Waals surface area contributed by atoms with Gasteiger partial charge in [0, 0.05) is 24.5 Å². The zero-order valence-corrected chi connectivity index (χ0v) is 10.5. The maximum atomic E-state index is 12.2. The SMILES string of the molecule is CC(C#N)CN(C)C(=O)c1cc2ccccc2[nH]1. The molecule has 92 valence electrons. The first-order valence-corrected chi connectivity index (χ1v) is 5.84. The normalized spacial score (nSPS) is 12.1. The van der Waals surface area contributed by atoms with Crippen LogP contribution < -0.4 is 0 Å². The third kappa shape index (κ3) is 2.35. The largest absolute Gasteiger partial charge is 0.351 e. The molecule has 0 aliphatic heterocycles. The molecule has 1 N–H and O–H groups in total. The number of nitriles is 1. The van der Waals surface area contributed by atoms with E-state index in [1.807, 2.05) is 30.3 Å². The Balaban J connectivity index is 2.20. The van der Waals surface area contributed by atoms with Crippen LogP contribution in [0.1, 0.15) is 17.4 Å². The molecular formula is C14H15N3O. The molecular weight excluding hydrogens is 226 g/mol. The summed E-state index contributed by atoms with van der Waals surface area (Å²) in [5.41, 5.74) is 1.51. The van der Waals surface area contributed by atoms with Crippen molar-refractivity contribution in [2.45, 2.75) is 6.92 Å². The van der Waals surface area contributed by atoms with Crippen LogP contribution in [0.3, 0.4) is 0 Å². The van der Waals surface area contributed by atoms with Gasteiger partial charge >= 0.3 is 0 Å². The predicted molar refractivity (Wildman–Crippen MR) is 70.0 cm³/mol. The van der Waals surface area contributed by atoms with Gasteiger partial charge in [-0.2, -0.15) is 5.26 Å². The summed E-state index contributed by atoms with van der Waals surface area (Å²) in [6.07, 6.45) is 0. The van der Waals surface area contributed by atoms with Gasteiger partial charge in [0.25, 0.3) is 5.91 Å². The van der Waals surface area contributed by atoms with Crippen molar-refractivity contribution in [1.82, 2.24) is 9.88 Å². The van der Waals surface area contributed by atoms with E-state index in [0.717, 1.165) is 10.9 Å². The number of amides is 1. The Hall–Kier alpha value is -2.28. The minimum atomic E-state index is -0.164. The molecule has 2 rings (SSSR count). The van der Waals surface area contributed by atoms with Crippen molar-refractivity contribution in [2.75, 3.05) is 13.6 Å². The smallest absolute Gasteiger partial charge is 0.270 e. The van der Waals surface area contributed by atoms with Crippen molar-refractivity contribution >= 4 is 16.8 Å². The second kappa shape index (κ2) is 4.92. The Bertz CT molecular complexity index is 576. The number of carbonyl (C=O) groups is 1. The Morgan fingerprint density at radius 1 is 1.50 bits per heavy atom. The molecule has 1 aromatic heterocycles. The summed E-state index contributed by atoms with van der Waals surface area (Å²) < 4.78 is 0. The molecule has 0 fully saturated rings. The Kier molecular flexibility index (Phi) is 3.33. The number of carbonyl (C=O) groups excluding carboxylic acids is 1. The summed E-state index contributed by atoms with van der Waals surface area (Å²) in [5.74, 6) is -0.253. The maximum Gasteiger partial charge on any atom is 0.270 e. The van der Waals surface area contributed by atoms with Gasteiger partial charge in [0.2, 0.25) is 0 Å². The summed E-state index contributed by atoms with van der Waals surface area (Å²) in [4.78, 5) is 16.8. The van der Waals surface area contributed by atoms with Crippen molar-refractivity contribution in [3.63, 3.8) is 0 Å². The van der Waals surface area contributed by atoms with E-state index < -0.39 is 0 Å². The zero-order valence-electron chi connectivity index (χ0n) is 10.5. The lowest BCUT2D eigenvalue weighted by molar-refractivity contribution is 0.0780. The highest BCUT2D eigenvalue weighted by Crippen LogP contribution is 2.15. The van der Waals surface area contributed by atoms with Gasteiger partial charge in [0.15, 0.2) is 0 Å². The number of para-hydroxylation sites is 1. The molecule has 0 bridgehead atoms. The topological polar surface area (TPSA) is 59.9 Å². The second-order valence-electron chi connectivity index (χ2n) is 4.49. The van der Waals surface area contributed by atoms with Gasteiger partial charge in [0.1, 0.15) is 5.69 Å². The first-order valence-electron chi connectivity index (χ1n) is 5.84. The molecule has 0 aliphatic rings. The monoisotopic (exact) mass is 241 g/mol. The zero-order chi connectivity index (χ0) is 13.1. The van der Waals surface area contributed by atoms with Gasteiger partial charge in [-0.3, -0.25) is 4.79 Å².